The van der Waals surface area contributed by atoms with Gasteiger partial charge in [-0.05, 0) is 25.2 Å². The van der Waals surface area contributed by atoms with Crippen LogP contribution in [0.1, 0.15) is 10.4 Å². The Morgan fingerprint density at radius 2 is 1.75 bits per heavy atom. The summed E-state index contributed by atoms with van der Waals surface area (Å²) < 4.78 is 5.26. The van der Waals surface area contributed by atoms with Crippen molar-refractivity contribution in [2.75, 3.05) is 57.8 Å². The molecule has 0 radical (unpaired) electrons. The maximum absolute atomic E-state index is 11.9. The number of ether oxygens (including phenoxy) is 1. The minimum Gasteiger partial charge on any atom is -0.461 e. The highest BCUT2D eigenvalue weighted by Crippen LogP contribution is 2.14. The van der Waals surface area contributed by atoms with E-state index >= 15 is 0 Å². The molecule has 4 N–H and O–H groups in total. The second-order valence-corrected chi connectivity index (χ2v) is 5.17. The molecule has 0 saturated carbocycles. The first-order valence-corrected chi connectivity index (χ1v) is 6.78. The fraction of sp³-hybridized carbons (Fsp3) is 0.500. The number of nitrogens with two attached hydrogens (primary N) is 2. The van der Waals surface area contributed by atoms with E-state index in [0.29, 0.717) is 23.5 Å². The van der Waals surface area contributed by atoms with Crippen molar-refractivity contribution in [1.82, 2.24) is 9.80 Å². The monoisotopic (exact) mass is 278 g/mol. The summed E-state index contributed by atoms with van der Waals surface area (Å²) in [5.41, 5.74) is 12.7. The number of rotatable bonds is 4. The molecule has 1 aliphatic rings. The summed E-state index contributed by atoms with van der Waals surface area (Å²) in [5, 5.41) is 0. The molecule has 2 rings (SSSR count). The predicted octanol–water partition coefficient (Wildman–Crippen LogP) is 0.255. The fourth-order valence-electron chi connectivity index (χ4n) is 2.22. The summed E-state index contributed by atoms with van der Waals surface area (Å²) in [4.78, 5) is 16.5. The Balaban J connectivity index is 1.77. The molecule has 1 aliphatic heterocycles. The van der Waals surface area contributed by atoms with Crippen molar-refractivity contribution in [3.63, 3.8) is 0 Å². The number of hydrogen-bond acceptors (Lipinski definition) is 6. The number of carbonyl (C=O) groups excluding carboxylic acids is 1. The molecule has 1 aromatic carbocycles. The first-order valence-electron chi connectivity index (χ1n) is 6.78. The highest BCUT2D eigenvalue weighted by atomic mass is 16.5. The van der Waals surface area contributed by atoms with Gasteiger partial charge in [0.15, 0.2) is 0 Å². The summed E-state index contributed by atoms with van der Waals surface area (Å²) in [5.74, 6) is -0.377. The molecule has 0 spiro atoms. The highest BCUT2D eigenvalue weighted by Gasteiger charge is 2.14. The number of likely N-dealkylation sites (N-methyl/N-ethyl adjacent to an activating group) is 1. The Bertz CT molecular complexity index is 450. The van der Waals surface area contributed by atoms with Crippen LogP contribution in [-0.4, -0.2) is 62.1 Å². The van der Waals surface area contributed by atoms with Crippen LogP contribution < -0.4 is 11.5 Å². The quantitative estimate of drug-likeness (QED) is 0.607. The van der Waals surface area contributed by atoms with Gasteiger partial charge in [-0.1, -0.05) is 0 Å². The van der Waals surface area contributed by atoms with E-state index in [1.165, 1.54) is 0 Å². The average molecular weight is 278 g/mol. The van der Waals surface area contributed by atoms with E-state index in [2.05, 4.69) is 16.8 Å². The van der Waals surface area contributed by atoms with Crippen molar-refractivity contribution in [1.29, 1.82) is 0 Å². The van der Waals surface area contributed by atoms with Gasteiger partial charge < -0.3 is 21.1 Å². The maximum atomic E-state index is 11.9. The number of nitrogens with zero attached hydrogens (tertiary/aromatic N) is 2. The van der Waals surface area contributed by atoms with Crippen LogP contribution in [0.4, 0.5) is 11.4 Å². The van der Waals surface area contributed by atoms with E-state index in [1.54, 1.807) is 18.2 Å². The first kappa shape index (κ1) is 14.6. The van der Waals surface area contributed by atoms with Gasteiger partial charge in [0.25, 0.3) is 0 Å². The fourth-order valence-corrected chi connectivity index (χ4v) is 2.22. The van der Waals surface area contributed by atoms with Crippen LogP contribution in [0, 0.1) is 0 Å². The third-order valence-corrected chi connectivity index (χ3v) is 3.45. The molecule has 1 fully saturated rings. The lowest BCUT2D eigenvalue weighted by Gasteiger charge is -2.32. The molecule has 0 unspecified atom stereocenters. The summed E-state index contributed by atoms with van der Waals surface area (Å²) in [6, 6.07) is 4.77. The zero-order chi connectivity index (χ0) is 14.5. The minimum atomic E-state index is -0.377. The molecule has 0 bridgehead atoms. The lowest BCUT2D eigenvalue weighted by molar-refractivity contribution is 0.0432. The molecule has 0 aromatic heterocycles. The second kappa shape index (κ2) is 6.58. The Labute approximate surface area is 119 Å². The topological polar surface area (TPSA) is 84.8 Å². The number of esters is 1. The SMILES string of the molecule is CN1CCN(CCOC(=O)c2cc(N)cc(N)c2)CC1. The Morgan fingerprint density at radius 3 is 2.35 bits per heavy atom. The average Bonchev–Trinajstić information content (AvgIpc) is 2.40. The van der Waals surface area contributed by atoms with Crippen molar-refractivity contribution in [2.24, 2.45) is 0 Å². The molecule has 6 heteroatoms. The number of hydrogen-bond donors (Lipinski definition) is 2. The standard InChI is InChI=1S/C14H22N4O2/c1-17-2-4-18(5-3-17)6-7-20-14(19)11-8-12(15)10-13(16)9-11/h8-10H,2-7,15-16H2,1H3. The molecule has 6 nitrogen and oxygen atoms in total. The van der Waals surface area contributed by atoms with E-state index in [4.69, 9.17) is 16.2 Å². The number of anilines is 2. The van der Waals surface area contributed by atoms with Crippen molar-refractivity contribution in [3.05, 3.63) is 23.8 Å². The number of piperazine rings is 1. The lowest BCUT2D eigenvalue weighted by Crippen LogP contribution is -2.45. The summed E-state index contributed by atoms with van der Waals surface area (Å²) in [7, 11) is 2.11. The molecular formula is C14H22N4O2. The Hall–Kier alpha value is -1.79. The van der Waals surface area contributed by atoms with Crippen molar-refractivity contribution in [3.8, 4) is 0 Å². The molecular weight excluding hydrogens is 256 g/mol. The van der Waals surface area contributed by atoms with Gasteiger partial charge >= 0.3 is 5.97 Å². The zero-order valence-corrected chi connectivity index (χ0v) is 11.8. The van der Waals surface area contributed by atoms with Crippen molar-refractivity contribution in [2.45, 2.75) is 0 Å². The third kappa shape index (κ3) is 4.11. The normalized spacial score (nSPS) is 17.1. The van der Waals surface area contributed by atoms with Gasteiger partial charge in [0.2, 0.25) is 0 Å². The van der Waals surface area contributed by atoms with Gasteiger partial charge in [-0.15, -0.1) is 0 Å². The van der Waals surface area contributed by atoms with E-state index in [1.807, 2.05) is 0 Å². The predicted molar refractivity (Wildman–Crippen MR) is 79.5 cm³/mol. The number of benzene rings is 1. The van der Waals surface area contributed by atoms with Gasteiger partial charge in [-0.3, -0.25) is 4.90 Å². The van der Waals surface area contributed by atoms with Crippen LogP contribution in [0.15, 0.2) is 18.2 Å². The van der Waals surface area contributed by atoms with E-state index in [0.717, 1.165) is 32.7 Å². The van der Waals surface area contributed by atoms with Gasteiger partial charge in [0, 0.05) is 44.1 Å². The van der Waals surface area contributed by atoms with E-state index in [9.17, 15) is 4.79 Å². The number of carbonyl (C=O) groups is 1. The molecule has 20 heavy (non-hydrogen) atoms. The summed E-state index contributed by atoms with van der Waals surface area (Å²) in [6.45, 7) is 5.28. The van der Waals surface area contributed by atoms with Crippen molar-refractivity contribution >= 4 is 17.3 Å². The van der Waals surface area contributed by atoms with Gasteiger partial charge in [0.1, 0.15) is 6.61 Å². The second-order valence-electron chi connectivity index (χ2n) is 5.17. The van der Waals surface area contributed by atoms with Crippen LogP contribution in [0.25, 0.3) is 0 Å². The zero-order valence-electron chi connectivity index (χ0n) is 11.8. The smallest absolute Gasteiger partial charge is 0.338 e. The van der Waals surface area contributed by atoms with Crippen LogP contribution in [0.2, 0.25) is 0 Å². The molecule has 110 valence electrons. The van der Waals surface area contributed by atoms with Crippen LogP contribution in [0.3, 0.4) is 0 Å². The first-order chi connectivity index (χ1) is 9.54. The van der Waals surface area contributed by atoms with Crippen LogP contribution in [-0.2, 0) is 4.74 Å². The van der Waals surface area contributed by atoms with Crippen LogP contribution in [0.5, 0.6) is 0 Å². The highest BCUT2D eigenvalue weighted by molar-refractivity contribution is 5.91. The minimum absolute atomic E-state index is 0.377. The Kier molecular flexibility index (Phi) is 4.81. The van der Waals surface area contributed by atoms with Crippen molar-refractivity contribution < 1.29 is 9.53 Å². The molecule has 1 saturated heterocycles. The Morgan fingerprint density at radius 1 is 1.15 bits per heavy atom. The molecule has 1 heterocycles. The van der Waals surface area contributed by atoms with E-state index < -0.39 is 0 Å². The molecule has 0 amide bonds. The molecule has 0 aliphatic carbocycles. The lowest BCUT2D eigenvalue weighted by atomic mass is 10.2. The summed E-state index contributed by atoms with van der Waals surface area (Å²) >= 11 is 0. The van der Waals surface area contributed by atoms with Gasteiger partial charge in [-0.25, -0.2) is 4.79 Å². The van der Waals surface area contributed by atoms with Gasteiger partial charge in [-0.2, -0.15) is 0 Å². The number of nitrogen functional groups attached to an aromatic ring is 2. The summed E-state index contributed by atoms with van der Waals surface area (Å²) in [6.07, 6.45) is 0. The molecule has 1 aromatic rings. The molecule has 0 atom stereocenters. The maximum Gasteiger partial charge on any atom is 0.338 e. The van der Waals surface area contributed by atoms with E-state index in [-0.39, 0.29) is 5.97 Å². The van der Waals surface area contributed by atoms with Crippen LogP contribution >= 0.6 is 0 Å². The van der Waals surface area contributed by atoms with Gasteiger partial charge in [0.05, 0.1) is 5.56 Å². The largest absolute Gasteiger partial charge is 0.461 e. The third-order valence-electron chi connectivity index (χ3n) is 3.45.